The Kier molecular flexibility index (Phi) is 9.94. The minimum Gasteiger partial charge on any atom is -0.491 e. The molecule has 1 aliphatic rings. The van der Waals surface area contributed by atoms with E-state index in [0.717, 1.165) is 18.6 Å². The van der Waals surface area contributed by atoms with Crippen molar-refractivity contribution in [2.45, 2.75) is 38.3 Å². The van der Waals surface area contributed by atoms with Crippen LogP contribution in [-0.2, 0) is 16.0 Å². The number of thiophene rings is 1. The van der Waals surface area contributed by atoms with Crippen LogP contribution in [0.2, 0.25) is 0 Å². The van der Waals surface area contributed by atoms with Crippen molar-refractivity contribution < 1.29 is 19.4 Å². The molecule has 2 atom stereocenters. The third kappa shape index (κ3) is 7.40. The van der Waals surface area contributed by atoms with Crippen LogP contribution in [0.25, 0.3) is 0 Å². The predicted octanol–water partition coefficient (Wildman–Crippen LogP) is 3.84. The summed E-state index contributed by atoms with van der Waals surface area (Å²) in [6.45, 7) is 8.64. The molecule has 0 spiro atoms. The van der Waals surface area contributed by atoms with Crippen molar-refractivity contribution in [3.05, 3.63) is 64.4 Å². The van der Waals surface area contributed by atoms with Gasteiger partial charge in [-0.2, -0.15) is 0 Å². The first-order chi connectivity index (χ1) is 16.0. The Balaban J connectivity index is 1.69. The van der Waals surface area contributed by atoms with Gasteiger partial charge in [-0.15, -0.1) is 17.9 Å². The van der Waals surface area contributed by atoms with Gasteiger partial charge in [0, 0.05) is 31.6 Å². The van der Waals surface area contributed by atoms with Crippen LogP contribution in [0.4, 0.5) is 0 Å². The number of amides is 1. The number of allylic oxidation sites excluding steroid dienone is 1. The van der Waals surface area contributed by atoms with Gasteiger partial charge >= 0.3 is 0 Å². The lowest BCUT2D eigenvalue weighted by atomic mass is 10.0. The number of carbonyl (C=O) groups is 1. The molecule has 6 nitrogen and oxygen atoms in total. The second kappa shape index (κ2) is 12.9. The molecule has 33 heavy (non-hydrogen) atoms. The van der Waals surface area contributed by atoms with Gasteiger partial charge in [-0.05, 0) is 55.3 Å². The maximum atomic E-state index is 13.5. The number of nitrogens with zero attached hydrogens (tertiary/aromatic N) is 2. The number of ether oxygens (including phenoxy) is 2. The molecule has 1 N–H and O–H groups in total. The maximum Gasteiger partial charge on any atom is 0.237 e. The molecule has 7 heteroatoms. The summed E-state index contributed by atoms with van der Waals surface area (Å²) < 4.78 is 11.3. The topological polar surface area (TPSA) is 62.2 Å². The first-order valence-corrected chi connectivity index (χ1v) is 12.4. The molecular weight excluding hydrogens is 436 g/mol. The van der Waals surface area contributed by atoms with Crippen molar-refractivity contribution in [3.63, 3.8) is 0 Å². The van der Waals surface area contributed by atoms with E-state index in [1.165, 1.54) is 16.0 Å². The lowest BCUT2D eigenvalue weighted by Crippen LogP contribution is -2.48. The SMILES string of the molecule is C=CCC[C@@H](O)CN(CCOC)CC(=O)N1CCc2sccc2[C@H]1COc1ccc(C)cc1. The van der Waals surface area contributed by atoms with E-state index < -0.39 is 6.10 Å². The van der Waals surface area contributed by atoms with E-state index in [1.807, 2.05) is 41.0 Å². The average Bonchev–Trinajstić information content (AvgIpc) is 3.29. The molecule has 0 bridgehead atoms. The van der Waals surface area contributed by atoms with Gasteiger partial charge < -0.3 is 19.5 Å². The third-order valence-electron chi connectivity index (χ3n) is 5.99. The zero-order valence-corrected chi connectivity index (χ0v) is 20.6. The molecule has 0 radical (unpaired) electrons. The third-order valence-corrected chi connectivity index (χ3v) is 6.98. The smallest absolute Gasteiger partial charge is 0.237 e. The van der Waals surface area contributed by atoms with Gasteiger partial charge in [0.15, 0.2) is 0 Å². The molecule has 1 aliphatic heterocycles. The number of aryl methyl sites for hydroxylation is 1. The molecule has 1 amide bonds. The highest BCUT2D eigenvalue weighted by Gasteiger charge is 2.33. The number of hydrogen-bond acceptors (Lipinski definition) is 6. The van der Waals surface area contributed by atoms with Crippen molar-refractivity contribution in [2.24, 2.45) is 0 Å². The van der Waals surface area contributed by atoms with E-state index in [9.17, 15) is 9.90 Å². The normalized spacial score (nSPS) is 16.5. The van der Waals surface area contributed by atoms with Crippen LogP contribution in [-0.4, -0.2) is 73.4 Å². The molecule has 0 saturated carbocycles. The van der Waals surface area contributed by atoms with E-state index >= 15 is 0 Å². The van der Waals surface area contributed by atoms with Crippen LogP contribution in [0.5, 0.6) is 5.75 Å². The van der Waals surface area contributed by atoms with E-state index in [2.05, 4.69) is 18.0 Å². The van der Waals surface area contributed by atoms with Gasteiger partial charge in [-0.3, -0.25) is 9.69 Å². The molecular formula is C26H36N2O4S. The quantitative estimate of drug-likeness (QED) is 0.449. The minimum atomic E-state index is -0.502. The number of fused-ring (bicyclic) bond motifs is 1. The van der Waals surface area contributed by atoms with Gasteiger partial charge in [-0.25, -0.2) is 0 Å². The number of benzene rings is 1. The molecule has 1 aromatic carbocycles. The second-order valence-corrected chi connectivity index (χ2v) is 9.52. The summed E-state index contributed by atoms with van der Waals surface area (Å²) in [5, 5.41) is 12.5. The van der Waals surface area contributed by atoms with Crippen molar-refractivity contribution in [2.75, 3.05) is 46.5 Å². The van der Waals surface area contributed by atoms with Gasteiger partial charge in [0.05, 0.1) is 25.3 Å². The maximum absolute atomic E-state index is 13.5. The number of rotatable bonds is 13. The van der Waals surface area contributed by atoms with E-state index in [4.69, 9.17) is 9.47 Å². The van der Waals surface area contributed by atoms with Crippen LogP contribution in [0, 0.1) is 6.92 Å². The van der Waals surface area contributed by atoms with Crippen LogP contribution in [0.1, 0.15) is 34.9 Å². The van der Waals surface area contributed by atoms with Crippen molar-refractivity contribution in [1.29, 1.82) is 0 Å². The zero-order valence-electron chi connectivity index (χ0n) is 19.7. The lowest BCUT2D eigenvalue weighted by molar-refractivity contribution is -0.136. The molecule has 0 unspecified atom stereocenters. The summed E-state index contributed by atoms with van der Waals surface area (Å²) in [4.78, 5) is 18.7. The molecule has 2 heterocycles. The second-order valence-electron chi connectivity index (χ2n) is 8.52. The van der Waals surface area contributed by atoms with Crippen molar-refractivity contribution in [1.82, 2.24) is 9.80 Å². The Morgan fingerprint density at radius 1 is 1.36 bits per heavy atom. The summed E-state index contributed by atoms with van der Waals surface area (Å²) >= 11 is 1.75. The predicted molar refractivity (Wildman–Crippen MR) is 133 cm³/mol. The Labute approximate surface area is 201 Å². The Morgan fingerprint density at radius 3 is 2.88 bits per heavy atom. The fourth-order valence-corrected chi connectivity index (χ4v) is 5.05. The monoisotopic (exact) mass is 472 g/mol. The Hall–Kier alpha value is -2.19. The first kappa shape index (κ1) is 25.4. The van der Waals surface area contributed by atoms with Crippen LogP contribution < -0.4 is 4.74 Å². The number of aliphatic hydroxyl groups excluding tert-OH is 1. The fraction of sp³-hybridized carbons (Fsp3) is 0.500. The average molecular weight is 473 g/mol. The highest BCUT2D eigenvalue weighted by atomic mass is 32.1. The summed E-state index contributed by atoms with van der Waals surface area (Å²) in [5.74, 6) is 0.860. The van der Waals surface area contributed by atoms with E-state index in [-0.39, 0.29) is 18.5 Å². The zero-order chi connectivity index (χ0) is 23.6. The molecule has 1 aromatic heterocycles. The van der Waals surface area contributed by atoms with Gasteiger partial charge in [0.25, 0.3) is 0 Å². The number of hydrogen-bond donors (Lipinski definition) is 1. The highest BCUT2D eigenvalue weighted by molar-refractivity contribution is 7.10. The largest absolute Gasteiger partial charge is 0.491 e. The Morgan fingerprint density at radius 2 is 2.15 bits per heavy atom. The van der Waals surface area contributed by atoms with Gasteiger partial charge in [-0.1, -0.05) is 23.8 Å². The van der Waals surface area contributed by atoms with E-state index in [0.29, 0.717) is 39.3 Å². The summed E-state index contributed by atoms with van der Waals surface area (Å²) in [6.07, 6.45) is 3.55. The number of aliphatic hydroxyl groups is 1. The fourth-order valence-electron chi connectivity index (χ4n) is 4.12. The summed E-state index contributed by atoms with van der Waals surface area (Å²) in [6, 6.07) is 9.99. The molecule has 180 valence electrons. The summed E-state index contributed by atoms with van der Waals surface area (Å²) in [7, 11) is 1.65. The highest BCUT2D eigenvalue weighted by Crippen LogP contribution is 2.34. The minimum absolute atomic E-state index is 0.0522. The van der Waals surface area contributed by atoms with Crippen molar-refractivity contribution >= 4 is 17.2 Å². The van der Waals surface area contributed by atoms with Crippen LogP contribution in [0.15, 0.2) is 48.4 Å². The molecule has 0 fully saturated rings. The lowest BCUT2D eigenvalue weighted by Gasteiger charge is -2.37. The molecule has 2 aromatic rings. The molecule has 0 aliphatic carbocycles. The van der Waals surface area contributed by atoms with Gasteiger partial charge in [0.1, 0.15) is 12.4 Å². The van der Waals surface area contributed by atoms with E-state index in [1.54, 1.807) is 24.5 Å². The number of carbonyl (C=O) groups excluding carboxylic acids is 1. The van der Waals surface area contributed by atoms with Crippen molar-refractivity contribution in [3.8, 4) is 5.75 Å². The summed E-state index contributed by atoms with van der Waals surface area (Å²) in [5.41, 5.74) is 2.37. The number of methoxy groups -OCH3 is 1. The molecule has 3 rings (SSSR count). The van der Waals surface area contributed by atoms with Crippen LogP contribution >= 0.6 is 11.3 Å². The van der Waals surface area contributed by atoms with Crippen LogP contribution in [0.3, 0.4) is 0 Å². The standard InChI is InChI=1S/C26H36N2O4S/c1-4-5-6-21(29)17-27(14-15-31-3)18-26(30)28-13-11-25-23(12-16-33-25)24(28)19-32-22-9-7-20(2)8-10-22/h4,7-10,12,16,21,24,29H,1,5-6,11,13-15,17-19H2,2-3H3/t21-,24-/m1/s1. The van der Waals surface area contributed by atoms with Gasteiger partial charge in [0.2, 0.25) is 5.91 Å². The Bertz CT molecular complexity index is 883. The molecule has 0 saturated heterocycles. The first-order valence-electron chi connectivity index (χ1n) is 11.6.